The first-order valence-corrected chi connectivity index (χ1v) is 5.12. The number of nitrogens with one attached hydrogen (secondary N) is 2. The summed E-state index contributed by atoms with van der Waals surface area (Å²) in [6, 6.07) is 3.43. The second-order valence-electron chi connectivity index (χ2n) is 3.80. The molecule has 1 aliphatic carbocycles. The number of nitro benzene ring substituents is 1. The van der Waals surface area contributed by atoms with Crippen molar-refractivity contribution in [3.05, 3.63) is 28.3 Å². The number of hydrogen-bond acceptors (Lipinski definition) is 4. The molecule has 0 unspecified atom stereocenters. The molecule has 0 atom stereocenters. The summed E-state index contributed by atoms with van der Waals surface area (Å²) in [5.41, 5.74) is -0.522. The van der Waals surface area contributed by atoms with Gasteiger partial charge in [0.25, 0.3) is 5.69 Å². The van der Waals surface area contributed by atoms with Crippen LogP contribution in [-0.4, -0.2) is 22.1 Å². The SMILES string of the molecule is O=C(Nc1c(O)cccc1[N+](=O)[O-])NC1CC1. The molecule has 2 rings (SSSR count). The number of phenolic OH excluding ortho intramolecular Hbond substituents is 1. The smallest absolute Gasteiger partial charge is 0.319 e. The van der Waals surface area contributed by atoms with E-state index in [4.69, 9.17) is 0 Å². The van der Waals surface area contributed by atoms with Crippen LogP contribution in [0.3, 0.4) is 0 Å². The van der Waals surface area contributed by atoms with Crippen molar-refractivity contribution in [2.45, 2.75) is 18.9 Å². The largest absolute Gasteiger partial charge is 0.505 e. The van der Waals surface area contributed by atoms with Gasteiger partial charge in [0.15, 0.2) is 5.69 Å². The summed E-state index contributed by atoms with van der Waals surface area (Å²) in [6.45, 7) is 0. The third-order valence-electron chi connectivity index (χ3n) is 2.37. The minimum atomic E-state index is -0.660. The normalized spacial score (nSPS) is 14.1. The molecule has 7 nitrogen and oxygen atoms in total. The molecule has 3 N–H and O–H groups in total. The van der Waals surface area contributed by atoms with Crippen LogP contribution in [-0.2, 0) is 0 Å². The summed E-state index contributed by atoms with van der Waals surface area (Å²) in [4.78, 5) is 21.5. The van der Waals surface area contributed by atoms with Crippen molar-refractivity contribution >= 4 is 17.4 Å². The number of nitrogens with zero attached hydrogens (tertiary/aromatic N) is 1. The number of urea groups is 1. The predicted octanol–water partition coefficient (Wildman–Crippen LogP) is 1.58. The van der Waals surface area contributed by atoms with Crippen molar-refractivity contribution in [1.29, 1.82) is 0 Å². The van der Waals surface area contributed by atoms with E-state index < -0.39 is 11.0 Å². The van der Waals surface area contributed by atoms with E-state index in [1.54, 1.807) is 0 Å². The first kappa shape index (κ1) is 11.2. The molecule has 0 spiro atoms. The number of para-hydroxylation sites is 1. The predicted molar refractivity (Wildman–Crippen MR) is 59.9 cm³/mol. The second kappa shape index (κ2) is 4.28. The molecule has 0 radical (unpaired) electrons. The first-order valence-electron chi connectivity index (χ1n) is 5.12. The highest BCUT2D eigenvalue weighted by atomic mass is 16.6. The van der Waals surface area contributed by atoms with Crippen molar-refractivity contribution in [3.8, 4) is 5.75 Å². The van der Waals surface area contributed by atoms with Crippen LogP contribution < -0.4 is 10.6 Å². The summed E-state index contributed by atoms with van der Waals surface area (Å²) in [6.07, 6.45) is 1.83. The molecule has 1 aromatic carbocycles. The fourth-order valence-electron chi connectivity index (χ4n) is 1.37. The van der Waals surface area contributed by atoms with Crippen LogP contribution in [0, 0.1) is 10.1 Å². The Bertz CT molecular complexity index is 471. The minimum Gasteiger partial charge on any atom is -0.505 e. The molecule has 1 saturated carbocycles. The van der Waals surface area contributed by atoms with Crippen molar-refractivity contribution in [3.63, 3.8) is 0 Å². The van der Waals surface area contributed by atoms with E-state index >= 15 is 0 Å². The number of aromatic hydroxyl groups is 1. The van der Waals surface area contributed by atoms with Gasteiger partial charge in [-0.05, 0) is 18.9 Å². The maximum absolute atomic E-state index is 11.4. The van der Waals surface area contributed by atoms with E-state index in [0.717, 1.165) is 12.8 Å². The maximum atomic E-state index is 11.4. The van der Waals surface area contributed by atoms with Gasteiger partial charge < -0.3 is 10.4 Å². The Morgan fingerprint density at radius 3 is 2.76 bits per heavy atom. The van der Waals surface area contributed by atoms with E-state index in [1.807, 2.05) is 0 Å². The van der Waals surface area contributed by atoms with Gasteiger partial charge in [0.05, 0.1) is 4.92 Å². The van der Waals surface area contributed by atoms with E-state index in [-0.39, 0.29) is 23.2 Å². The van der Waals surface area contributed by atoms with Gasteiger partial charge >= 0.3 is 6.03 Å². The molecule has 0 saturated heterocycles. The average molecular weight is 237 g/mol. The molecule has 0 aliphatic heterocycles. The van der Waals surface area contributed by atoms with E-state index in [0.29, 0.717) is 0 Å². The van der Waals surface area contributed by atoms with Crippen LogP contribution >= 0.6 is 0 Å². The van der Waals surface area contributed by atoms with Crippen LogP contribution in [0.25, 0.3) is 0 Å². The zero-order valence-electron chi connectivity index (χ0n) is 8.84. The number of nitro groups is 1. The summed E-state index contributed by atoms with van der Waals surface area (Å²) in [7, 11) is 0. The van der Waals surface area contributed by atoms with E-state index in [2.05, 4.69) is 10.6 Å². The number of benzene rings is 1. The van der Waals surface area contributed by atoms with Gasteiger partial charge in [-0.1, -0.05) is 6.07 Å². The monoisotopic (exact) mass is 237 g/mol. The third kappa shape index (κ3) is 2.63. The molecule has 1 fully saturated rings. The van der Waals surface area contributed by atoms with Crippen molar-refractivity contribution in [2.75, 3.05) is 5.32 Å². The fraction of sp³-hybridized carbons (Fsp3) is 0.300. The van der Waals surface area contributed by atoms with E-state index in [9.17, 15) is 20.0 Å². The van der Waals surface area contributed by atoms with Crippen LogP contribution in [0.4, 0.5) is 16.2 Å². The maximum Gasteiger partial charge on any atom is 0.319 e. The van der Waals surface area contributed by atoms with Gasteiger partial charge in [-0.3, -0.25) is 15.4 Å². The molecule has 90 valence electrons. The van der Waals surface area contributed by atoms with Crippen molar-refractivity contribution in [2.24, 2.45) is 0 Å². The van der Waals surface area contributed by atoms with E-state index in [1.165, 1.54) is 18.2 Å². The molecular formula is C10H11N3O4. The fourth-order valence-corrected chi connectivity index (χ4v) is 1.37. The lowest BCUT2D eigenvalue weighted by atomic mass is 10.2. The third-order valence-corrected chi connectivity index (χ3v) is 2.37. The lowest BCUT2D eigenvalue weighted by molar-refractivity contribution is -0.384. The highest BCUT2D eigenvalue weighted by Crippen LogP contribution is 2.33. The van der Waals surface area contributed by atoms with Gasteiger partial charge in [0.2, 0.25) is 0 Å². The molecule has 1 aromatic rings. The minimum absolute atomic E-state index is 0.139. The molecule has 0 aromatic heterocycles. The lowest BCUT2D eigenvalue weighted by Gasteiger charge is -2.08. The number of phenols is 1. The number of anilines is 1. The summed E-state index contributed by atoms with van der Waals surface area (Å²) in [5, 5.41) is 25.1. The Kier molecular flexibility index (Phi) is 2.82. The number of amides is 2. The number of rotatable bonds is 3. The molecule has 0 heterocycles. The molecule has 17 heavy (non-hydrogen) atoms. The molecule has 0 bridgehead atoms. The molecule has 1 aliphatic rings. The molecule has 2 amide bonds. The Labute approximate surface area is 96.6 Å². The van der Waals surface area contributed by atoms with Crippen LogP contribution in [0.5, 0.6) is 5.75 Å². The summed E-state index contributed by atoms with van der Waals surface area (Å²) in [5.74, 6) is -0.329. The van der Waals surface area contributed by atoms with Crippen LogP contribution in [0.15, 0.2) is 18.2 Å². The highest BCUT2D eigenvalue weighted by Gasteiger charge is 2.25. The Morgan fingerprint density at radius 1 is 1.47 bits per heavy atom. The van der Waals surface area contributed by atoms with Crippen molar-refractivity contribution < 1.29 is 14.8 Å². The molecule has 7 heteroatoms. The second-order valence-corrected chi connectivity index (χ2v) is 3.80. The quantitative estimate of drug-likeness (QED) is 0.421. The first-order chi connectivity index (χ1) is 8.08. The Morgan fingerprint density at radius 2 is 2.18 bits per heavy atom. The highest BCUT2D eigenvalue weighted by molar-refractivity contribution is 5.94. The number of carbonyl (C=O) groups excluding carboxylic acids is 1. The lowest BCUT2D eigenvalue weighted by Crippen LogP contribution is -2.30. The standard InChI is InChI=1S/C10H11N3O4/c14-8-3-1-2-7(13(16)17)9(8)12-10(15)11-6-4-5-6/h1-3,6,14H,4-5H2,(H2,11,12,15). The summed E-state index contributed by atoms with van der Waals surface area (Å²) < 4.78 is 0. The zero-order valence-corrected chi connectivity index (χ0v) is 8.84. The van der Waals surface area contributed by atoms with Crippen LogP contribution in [0.2, 0.25) is 0 Å². The summed E-state index contributed by atoms with van der Waals surface area (Å²) >= 11 is 0. The van der Waals surface area contributed by atoms with Gasteiger partial charge in [0, 0.05) is 12.1 Å². The zero-order chi connectivity index (χ0) is 12.4. The van der Waals surface area contributed by atoms with Gasteiger partial charge in [-0.25, -0.2) is 4.79 Å². The van der Waals surface area contributed by atoms with Gasteiger partial charge in [0.1, 0.15) is 5.75 Å². The number of hydrogen-bond donors (Lipinski definition) is 3. The van der Waals surface area contributed by atoms with Gasteiger partial charge in [-0.15, -0.1) is 0 Å². The molecular weight excluding hydrogens is 226 g/mol. The number of carbonyl (C=O) groups is 1. The van der Waals surface area contributed by atoms with Gasteiger partial charge in [-0.2, -0.15) is 0 Å². The van der Waals surface area contributed by atoms with Crippen LogP contribution in [0.1, 0.15) is 12.8 Å². The Balaban J connectivity index is 2.17. The topological polar surface area (TPSA) is 104 Å². The Hall–Kier alpha value is -2.31. The van der Waals surface area contributed by atoms with Crippen molar-refractivity contribution in [1.82, 2.24) is 5.32 Å². The average Bonchev–Trinajstić information content (AvgIpc) is 3.04.